The maximum absolute atomic E-state index is 15.7. The Bertz CT molecular complexity index is 1900. The van der Waals surface area contributed by atoms with E-state index in [2.05, 4.69) is 16.4 Å². The number of anilines is 2. The van der Waals surface area contributed by atoms with Gasteiger partial charge in [0.15, 0.2) is 23.1 Å². The van der Waals surface area contributed by atoms with E-state index in [-0.39, 0.29) is 35.5 Å². The van der Waals surface area contributed by atoms with Crippen molar-refractivity contribution in [1.82, 2.24) is 10.3 Å². The molecular formula is C36H34F2N4O5. The number of halogens is 2. The Labute approximate surface area is 270 Å². The molecule has 0 bridgehead atoms. The smallest absolute Gasteiger partial charge is 0.247 e. The zero-order chi connectivity index (χ0) is 32.8. The fraction of sp³-hybridized carbons (Fsp3) is 0.306. The zero-order valence-electron chi connectivity index (χ0n) is 25.9. The third-order valence-electron chi connectivity index (χ3n) is 9.12. The zero-order valence-corrected chi connectivity index (χ0v) is 25.9. The van der Waals surface area contributed by atoms with Gasteiger partial charge in [-0.15, -0.1) is 0 Å². The van der Waals surface area contributed by atoms with Gasteiger partial charge in [0.2, 0.25) is 11.8 Å². The van der Waals surface area contributed by atoms with Crippen molar-refractivity contribution >= 4 is 34.1 Å². The number of nitrogens with one attached hydrogen (secondary N) is 1. The number of ether oxygens (including phenoxy) is 3. The molecule has 3 aromatic carbocycles. The van der Waals surface area contributed by atoms with E-state index in [9.17, 15) is 14.0 Å². The Morgan fingerprint density at radius 2 is 1.70 bits per heavy atom. The number of fused-ring (bicyclic) bond motifs is 1. The quantitative estimate of drug-likeness (QED) is 0.163. The van der Waals surface area contributed by atoms with Crippen molar-refractivity contribution in [2.45, 2.75) is 50.5 Å². The van der Waals surface area contributed by atoms with Crippen LogP contribution in [-0.4, -0.2) is 36.1 Å². The van der Waals surface area contributed by atoms with Gasteiger partial charge in [-0.25, -0.2) is 8.78 Å². The number of pyridine rings is 1. The lowest BCUT2D eigenvalue weighted by molar-refractivity contribution is -0.133. The predicted molar refractivity (Wildman–Crippen MR) is 172 cm³/mol. The Balaban J connectivity index is 1.14. The molecule has 0 saturated heterocycles. The number of amides is 2. The van der Waals surface area contributed by atoms with Gasteiger partial charge < -0.3 is 25.3 Å². The maximum atomic E-state index is 15.7. The number of nitrogens with two attached hydrogens (primary N) is 1. The summed E-state index contributed by atoms with van der Waals surface area (Å²) in [4.78, 5) is 31.5. The largest absolute Gasteiger partial charge is 0.493 e. The van der Waals surface area contributed by atoms with Crippen molar-refractivity contribution in [2.75, 3.05) is 18.6 Å². The van der Waals surface area contributed by atoms with Crippen LogP contribution in [0, 0.1) is 17.0 Å². The average molecular weight is 641 g/mol. The molecule has 0 aliphatic heterocycles. The van der Waals surface area contributed by atoms with Crippen LogP contribution in [0.4, 0.5) is 20.2 Å². The molecule has 1 aromatic heterocycles. The van der Waals surface area contributed by atoms with Crippen LogP contribution in [0.25, 0.3) is 10.9 Å². The molecule has 0 radical (unpaired) electrons. The van der Waals surface area contributed by atoms with Crippen LogP contribution in [0.1, 0.15) is 44.9 Å². The molecule has 3 N–H and O–H groups in total. The highest BCUT2D eigenvalue weighted by molar-refractivity contribution is 6.16. The Hall–Kier alpha value is -5.19. The van der Waals surface area contributed by atoms with E-state index in [1.807, 2.05) is 0 Å². The minimum Gasteiger partial charge on any atom is -0.493 e. The summed E-state index contributed by atoms with van der Waals surface area (Å²) in [5, 5.41) is 4.24. The van der Waals surface area contributed by atoms with Crippen molar-refractivity contribution in [1.29, 1.82) is 0 Å². The molecule has 3 aliphatic carbocycles. The van der Waals surface area contributed by atoms with Crippen molar-refractivity contribution in [3.8, 4) is 23.0 Å². The van der Waals surface area contributed by atoms with Gasteiger partial charge >= 0.3 is 0 Å². The number of benzene rings is 3. The first kappa shape index (κ1) is 30.5. The summed E-state index contributed by atoms with van der Waals surface area (Å²) in [6.45, 7) is 0.484. The number of hydrogen-bond donors (Lipinski definition) is 2. The van der Waals surface area contributed by atoms with E-state index in [1.54, 1.807) is 31.5 Å². The molecule has 0 atom stereocenters. The van der Waals surface area contributed by atoms with E-state index >= 15 is 4.39 Å². The number of nitrogens with zero attached hydrogens (tertiary/aromatic N) is 2. The highest BCUT2D eigenvalue weighted by Crippen LogP contribution is 2.49. The summed E-state index contributed by atoms with van der Waals surface area (Å²) >= 11 is 0. The minimum absolute atomic E-state index is 0.0752. The SMILES string of the molecule is COc1cc2c(Oc3ccc(N(C(=O)C4(C(N)=O)CC4)c4ccc(F)cc4)cc3F)ccnc2cc1OCC1(NC2=CCCC2)CC1. The summed E-state index contributed by atoms with van der Waals surface area (Å²) in [5.41, 5.74) is 6.36. The second-order valence-corrected chi connectivity index (χ2v) is 12.4. The van der Waals surface area contributed by atoms with E-state index in [0.29, 0.717) is 34.8 Å². The third-order valence-corrected chi connectivity index (χ3v) is 9.12. The molecule has 4 aromatic rings. The second kappa shape index (κ2) is 11.9. The molecule has 1 heterocycles. The third kappa shape index (κ3) is 5.93. The minimum atomic E-state index is -1.39. The lowest BCUT2D eigenvalue weighted by Crippen LogP contribution is -2.41. The van der Waals surface area contributed by atoms with Crippen molar-refractivity contribution in [2.24, 2.45) is 11.1 Å². The normalized spacial score (nSPS) is 17.0. The Morgan fingerprint density at radius 3 is 2.34 bits per heavy atom. The first-order chi connectivity index (χ1) is 22.7. The van der Waals surface area contributed by atoms with Crippen LogP contribution in [0.3, 0.4) is 0 Å². The summed E-state index contributed by atoms with van der Waals surface area (Å²) in [7, 11) is 1.55. The van der Waals surface area contributed by atoms with Gasteiger partial charge in [0.25, 0.3) is 0 Å². The van der Waals surface area contributed by atoms with Crippen LogP contribution < -0.4 is 30.2 Å². The number of hydrogen-bond acceptors (Lipinski definition) is 7. The summed E-state index contributed by atoms with van der Waals surface area (Å²) in [6, 6.07) is 14.3. The molecule has 242 valence electrons. The Kier molecular flexibility index (Phi) is 7.69. The molecule has 11 heteroatoms. The summed E-state index contributed by atoms with van der Waals surface area (Å²) < 4.78 is 47.4. The van der Waals surface area contributed by atoms with Gasteiger partial charge in [0.05, 0.1) is 23.9 Å². The molecule has 2 amide bonds. The second-order valence-electron chi connectivity index (χ2n) is 12.4. The molecule has 0 spiro atoms. The molecule has 3 aliphatic rings. The van der Waals surface area contributed by atoms with Gasteiger partial charge in [-0.05, 0) is 93.5 Å². The number of primary amides is 1. The number of allylic oxidation sites excluding steroid dienone is 2. The van der Waals surface area contributed by atoms with Crippen molar-refractivity contribution < 1.29 is 32.6 Å². The summed E-state index contributed by atoms with van der Waals surface area (Å²) in [5.74, 6) is -1.37. The van der Waals surface area contributed by atoms with Crippen LogP contribution in [-0.2, 0) is 9.59 Å². The number of aromatic nitrogens is 1. The molecule has 2 saturated carbocycles. The topological polar surface area (TPSA) is 116 Å². The molecule has 9 nitrogen and oxygen atoms in total. The van der Waals surface area contributed by atoms with Crippen LogP contribution in [0.15, 0.2) is 78.6 Å². The van der Waals surface area contributed by atoms with Crippen LogP contribution in [0.2, 0.25) is 0 Å². The number of rotatable bonds is 12. The summed E-state index contributed by atoms with van der Waals surface area (Å²) in [6.07, 6.45) is 9.79. The molecule has 2 fully saturated rings. The van der Waals surface area contributed by atoms with E-state index in [0.717, 1.165) is 31.7 Å². The van der Waals surface area contributed by atoms with Gasteiger partial charge in [-0.3, -0.25) is 19.5 Å². The predicted octanol–water partition coefficient (Wildman–Crippen LogP) is 6.81. The van der Waals surface area contributed by atoms with Crippen LogP contribution >= 0.6 is 0 Å². The van der Waals surface area contributed by atoms with Gasteiger partial charge in [-0.1, -0.05) is 6.08 Å². The standard InChI is InChI=1S/C36H34F2N4O5/c1-45-31-19-26-28(20-32(31)46-21-35(13-14-35)41-23-4-2-3-5-23)40-17-12-29(26)47-30-11-10-25(18-27(30)38)42(24-8-6-22(37)7-9-24)34(44)36(15-16-36)33(39)43/h4,6-12,17-20,41H,2-3,5,13-16,21H2,1H3,(H2,39,43). The molecule has 47 heavy (non-hydrogen) atoms. The molecule has 0 unspecified atom stereocenters. The monoisotopic (exact) mass is 640 g/mol. The van der Waals surface area contributed by atoms with E-state index in [1.165, 1.54) is 53.4 Å². The van der Waals surface area contributed by atoms with Gasteiger partial charge in [0.1, 0.15) is 23.6 Å². The maximum Gasteiger partial charge on any atom is 0.247 e. The first-order valence-electron chi connectivity index (χ1n) is 15.6. The fourth-order valence-corrected chi connectivity index (χ4v) is 6.00. The fourth-order valence-electron chi connectivity index (χ4n) is 6.00. The average Bonchev–Trinajstić information content (AvgIpc) is 3.98. The van der Waals surface area contributed by atoms with Crippen molar-refractivity contribution in [3.63, 3.8) is 0 Å². The highest BCUT2D eigenvalue weighted by Gasteiger charge is 2.57. The highest BCUT2D eigenvalue weighted by atomic mass is 19.1. The van der Waals surface area contributed by atoms with Crippen molar-refractivity contribution in [3.05, 3.63) is 90.3 Å². The van der Waals surface area contributed by atoms with Gasteiger partial charge in [-0.2, -0.15) is 0 Å². The molecular weight excluding hydrogens is 606 g/mol. The molecule has 7 rings (SSSR count). The number of methoxy groups -OCH3 is 1. The van der Waals surface area contributed by atoms with Gasteiger partial charge in [0, 0.05) is 35.1 Å². The number of carbonyl (C=O) groups excluding carboxylic acids is 2. The lowest BCUT2D eigenvalue weighted by atomic mass is 10.0. The number of carbonyl (C=O) groups is 2. The van der Waals surface area contributed by atoms with Crippen LogP contribution in [0.5, 0.6) is 23.0 Å². The first-order valence-corrected chi connectivity index (χ1v) is 15.6. The lowest BCUT2D eigenvalue weighted by Gasteiger charge is -2.26. The van der Waals surface area contributed by atoms with E-state index in [4.69, 9.17) is 19.9 Å². The van der Waals surface area contributed by atoms with E-state index < -0.39 is 28.9 Å². The Morgan fingerprint density at radius 1 is 0.936 bits per heavy atom.